The Labute approximate surface area is 104 Å². The van der Waals surface area contributed by atoms with Gasteiger partial charge in [0, 0.05) is 11.8 Å². The molecule has 17 heavy (non-hydrogen) atoms. The van der Waals surface area contributed by atoms with E-state index < -0.39 is 0 Å². The van der Waals surface area contributed by atoms with Gasteiger partial charge in [-0.05, 0) is 13.2 Å². The Balaban J connectivity index is 2.38. The fourth-order valence-electron chi connectivity index (χ4n) is 1.51. The van der Waals surface area contributed by atoms with E-state index in [2.05, 4.69) is 9.97 Å². The molecule has 0 radical (unpaired) electrons. The predicted octanol–water partition coefficient (Wildman–Crippen LogP) is 2.74. The van der Waals surface area contributed by atoms with Crippen molar-refractivity contribution in [2.24, 2.45) is 0 Å². The van der Waals surface area contributed by atoms with Crippen LogP contribution >= 0.6 is 11.8 Å². The van der Waals surface area contributed by atoms with E-state index in [-0.39, 0.29) is 5.78 Å². The van der Waals surface area contributed by atoms with Crippen LogP contribution in [-0.4, -0.2) is 22.0 Å². The molecule has 4 heteroatoms. The molecule has 0 aliphatic rings. The van der Waals surface area contributed by atoms with E-state index in [1.807, 2.05) is 31.4 Å². The molecule has 0 amide bonds. The molecule has 0 saturated carbocycles. The number of thioether (sulfide) groups is 1. The average molecular weight is 244 g/mol. The molecule has 0 aliphatic heterocycles. The van der Waals surface area contributed by atoms with Crippen molar-refractivity contribution in [2.75, 3.05) is 6.26 Å². The molecule has 0 atom stereocenters. The van der Waals surface area contributed by atoms with Crippen molar-refractivity contribution in [2.45, 2.75) is 12.1 Å². The van der Waals surface area contributed by atoms with Gasteiger partial charge in [0.15, 0.2) is 10.9 Å². The van der Waals surface area contributed by atoms with Gasteiger partial charge in [-0.25, -0.2) is 9.97 Å². The Bertz CT molecular complexity index is 540. The monoisotopic (exact) mass is 244 g/mol. The summed E-state index contributed by atoms with van der Waals surface area (Å²) in [5.74, 6) is -0.0317. The molecule has 2 rings (SSSR count). The van der Waals surface area contributed by atoms with E-state index in [0.717, 1.165) is 5.69 Å². The van der Waals surface area contributed by atoms with Crippen LogP contribution < -0.4 is 0 Å². The second-order valence-corrected chi connectivity index (χ2v) is 4.32. The number of rotatable bonds is 3. The Hall–Kier alpha value is -1.68. The van der Waals surface area contributed by atoms with Crippen molar-refractivity contribution in [3.8, 4) is 0 Å². The zero-order chi connectivity index (χ0) is 12.3. The number of benzene rings is 1. The molecule has 1 aromatic carbocycles. The van der Waals surface area contributed by atoms with Crippen LogP contribution in [0.4, 0.5) is 0 Å². The lowest BCUT2D eigenvalue weighted by Gasteiger charge is -2.04. The molecule has 0 fully saturated rings. The molecule has 3 nitrogen and oxygen atoms in total. The number of carbonyl (C=O) groups is 1. The molecule has 0 aliphatic carbocycles. The maximum Gasteiger partial charge on any atom is 0.196 e. The lowest BCUT2D eigenvalue weighted by atomic mass is 10.0. The molecule has 86 valence electrons. The highest BCUT2D eigenvalue weighted by molar-refractivity contribution is 7.98. The van der Waals surface area contributed by atoms with E-state index in [4.69, 9.17) is 0 Å². The minimum atomic E-state index is -0.0317. The van der Waals surface area contributed by atoms with Gasteiger partial charge in [0.25, 0.3) is 0 Å². The van der Waals surface area contributed by atoms with Crippen molar-refractivity contribution >= 4 is 17.5 Å². The summed E-state index contributed by atoms with van der Waals surface area (Å²) < 4.78 is 0. The average Bonchev–Trinajstić information content (AvgIpc) is 2.39. The Morgan fingerprint density at radius 1 is 1.24 bits per heavy atom. The first-order valence-electron chi connectivity index (χ1n) is 5.19. The van der Waals surface area contributed by atoms with Gasteiger partial charge in [-0.3, -0.25) is 4.79 Å². The zero-order valence-corrected chi connectivity index (χ0v) is 10.5. The van der Waals surface area contributed by atoms with Gasteiger partial charge in [-0.15, -0.1) is 0 Å². The van der Waals surface area contributed by atoms with E-state index >= 15 is 0 Å². The summed E-state index contributed by atoms with van der Waals surface area (Å²) in [7, 11) is 0. The number of hydrogen-bond donors (Lipinski definition) is 0. The van der Waals surface area contributed by atoms with Gasteiger partial charge < -0.3 is 0 Å². The van der Waals surface area contributed by atoms with Crippen LogP contribution in [0, 0.1) is 6.92 Å². The summed E-state index contributed by atoms with van der Waals surface area (Å²) in [4.78, 5) is 20.6. The molecular weight excluding hydrogens is 232 g/mol. The molecular formula is C13H12N2OS. The number of carbonyl (C=O) groups excluding carboxylic acids is 1. The topological polar surface area (TPSA) is 42.9 Å². The van der Waals surface area contributed by atoms with E-state index in [1.54, 1.807) is 18.3 Å². The third-order valence-electron chi connectivity index (χ3n) is 2.42. The van der Waals surface area contributed by atoms with Gasteiger partial charge >= 0.3 is 0 Å². The molecule has 0 N–H and O–H groups in total. The SMILES string of the molecule is CSc1ncc(C(=O)c2ccccc2)c(C)n1. The highest BCUT2D eigenvalue weighted by Gasteiger charge is 2.13. The van der Waals surface area contributed by atoms with Crippen LogP contribution in [-0.2, 0) is 0 Å². The van der Waals surface area contributed by atoms with Crippen LogP contribution in [0.25, 0.3) is 0 Å². The molecule has 0 bridgehead atoms. The van der Waals surface area contributed by atoms with Crippen LogP contribution in [0.2, 0.25) is 0 Å². The first kappa shape index (κ1) is 11.8. The van der Waals surface area contributed by atoms with Crippen molar-refractivity contribution < 1.29 is 4.79 Å². The van der Waals surface area contributed by atoms with Gasteiger partial charge in [0.1, 0.15) is 0 Å². The number of hydrogen-bond acceptors (Lipinski definition) is 4. The molecule has 0 unspecified atom stereocenters. The number of aryl methyl sites for hydroxylation is 1. The summed E-state index contributed by atoms with van der Waals surface area (Å²) in [5.41, 5.74) is 1.95. The van der Waals surface area contributed by atoms with Crippen molar-refractivity contribution in [3.05, 3.63) is 53.3 Å². The van der Waals surface area contributed by atoms with E-state index in [1.165, 1.54) is 11.8 Å². The van der Waals surface area contributed by atoms with Crippen molar-refractivity contribution in [1.29, 1.82) is 0 Å². The van der Waals surface area contributed by atoms with Crippen LogP contribution in [0.1, 0.15) is 21.6 Å². The zero-order valence-electron chi connectivity index (χ0n) is 9.68. The smallest absolute Gasteiger partial charge is 0.196 e. The minimum Gasteiger partial charge on any atom is -0.288 e. The molecule has 1 aromatic heterocycles. The maximum atomic E-state index is 12.2. The molecule has 2 aromatic rings. The Morgan fingerprint density at radius 3 is 2.53 bits per heavy atom. The second kappa shape index (κ2) is 5.10. The fraction of sp³-hybridized carbons (Fsp3) is 0.154. The highest BCUT2D eigenvalue weighted by atomic mass is 32.2. The second-order valence-electron chi connectivity index (χ2n) is 3.55. The number of nitrogens with zero attached hydrogens (tertiary/aromatic N) is 2. The summed E-state index contributed by atoms with van der Waals surface area (Å²) in [6, 6.07) is 9.17. The standard InChI is InChI=1S/C13H12N2OS/c1-9-11(8-14-13(15-9)17-2)12(16)10-6-4-3-5-7-10/h3-8H,1-2H3. The van der Waals surface area contributed by atoms with Crippen LogP contribution in [0.5, 0.6) is 0 Å². The number of aromatic nitrogens is 2. The first-order valence-corrected chi connectivity index (χ1v) is 6.42. The summed E-state index contributed by atoms with van der Waals surface area (Å²) in [6.07, 6.45) is 3.51. The Morgan fingerprint density at radius 2 is 1.94 bits per heavy atom. The quantitative estimate of drug-likeness (QED) is 0.473. The summed E-state index contributed by atoms with van der Waals surface area (Å²) in [6.45, 7) is 1.83. The van der Waals surface area contributed by atoms with Crippen molar-refractivity contribution in [1.82, 2.24) is 9.97 Å². The van der Waals surface area contributed by atoms with Gasteiger partial charge in [-0.2, -0.15) is 0 Å². The van der Waals surface area contributed by atoms with Crippen molar-refractivity contribution in [3.63, 3.8) is 0 Å². The minimum absolute atomic E-state index is 0.0317. The summed E-state index contributed by atoms with van der Waals surface area (Å²) >= 11 is 1.47. The van der Waals surface area contributed by atoms with Crippen LogP contribution in [0.15, 0.2) is 41.7 Å². The van der Waals surface area contributed by atoms with Gasteiger partial charge in [0.05, 0.1) is 11.3 Å². The third kappa shape index (κ3) is 2.53. The van der Waals surface area contributed by atoms with Gasteiger partial charge in [-0.1, -0.05) is 42.1 Å². The molecule has 1 heterocycles. The first-order chi connectivity index (χ1) is 8.22. The van der Waals surface area contributed by atoms with E-state index in [0.29, 0.717) is 16.3 Å². The Kier molecular flexibility index (Phi) is 3.54. The fourth-order valence-corrected chi connectivity index (χ4v) is 1.90. The number of ketones is 1. The third-order valence-corrected chi connectivity index (χ3v) is 2.98. The lowest BCUT2D eigenvalue weighted by molar-refractivity contribution is 0.103. The van der Waals surface area contributed by atoms with Crippen LogP contribution in [0.3, 0.4) is 0 Å². The van der Waals surface area contributed by atoms with E-state index in [9.17, 15) is 4.79 Å². The maximum absolute atomic E-state index is 12.2. The predicted molar refractivity (Wildman–Crippen MR) is 68.4 cm³/mol. The summed E-state index contributed by atoms with van der Waals surface area (Å²) in [5, 5.41) is 0.687. The normalized spacial score (nSPS) is 10.2. The lowest BCUT2D eigenvalue weighted by Crippen LogP contribution is -2.06. The highest BCUT2D eigenvalue weighted by Crippen LogP contribution is 2.15. The molecule has 0 saturated heterocycles. The van der Waals surface area contributed by atoms with Gasteiger partial charge in [0.2, 0.25) is 0 Å². The molecule has 0 spiro atoms. The largest absolute Gasteiger partial charge is 0.288 e.